The number of carbonyl (C=O) groups is 2. The Kier molecular flexibility index (Phi) is 5.75. The Morgan fingerprint density at radius 3 is 2.43 bits per heavy atom. The molecule has 0 radical (unpaired) electrons. The van der Waals surface area contributed by atoms with E-state index in [4.69, 9.17) is 4.42 Å². The van der Waals surface area contributed by atoms with Crippen LogP contribution in [0.5, 0.6) is 0 Å². The molecule has 0 fully saturated rings. The van der Waals surface area contributed by atoms with Crippen molar-refractivity contribution in [3.05, 3.63) is 108 Å². The second kappa shape index (κ2) is 8.96. The second-order valence-corrected chi connectivity index (χ2v) is 6.68. The minimum atomic E-state index is -0.288. The largest absolute Gasteiger partial charge is 0.444 e. The van der Waals surface area contributed by atoms with E-state index < -0.39 is 0 Å². The third-order valence-electron chi connectivity index (χ3n) is 4.60. The molecule has 6 heteroatoms. The molecule has 0 unspecified atom stereocenters. The monoisotopic (exact) mass is 397 g/mol. The Balaban J connectivity index is 1.38. The Hall–Kier alpha value is -4.06. The number of carbonyl (C=O) groups excluding carboxylic acids is 2. The van der Waals surface area contributed by atoms with Crippen molar-refractivity contribution < 1.29 is 14.0 Å². The minimum Gasteiger partial charge on any atom is -0.444 e. The molecule has 1 amide bonds. The van der Waals surface area contributed by atoms with E-state index in [9.17, 15) is 9.59 Å². The summed E-state index contributed by atoms with van der Waals surface area (Å²) in [5.74, 6) is -0.0755. The van der Waals surface area contributed by atoms with E-state index in [2.05, 4.69) is 15.3 Å². The van der Waals surface area contributed by atoms with E-state index >= 15 is 0 Å². The molecule has 1 N–H and O–H groups in total. The smallest absolute Gasteiger partial charge is 0.273 e. The van der Waals surface area contributed by atoms with Crippen LogP contribution in [0.1, 0.15) is 32.0 Å². The molecule has 0 saturated carbocycles. The lowest BCUT2D eigenvalue weighted by atomic mass is 10.0. The molecular weight excluding hydrogens is 378 g/mol. The Bertz CT molecular complexity index is 1140. The van der Waals surface area contributed by atoms with Crippen molar-refractivity contribution in [3.63, 3.8) is 0 Å². The van der Waals surface area contributed by atoms with Gasteiger partial charge in [-0.2, -0.15) is 0 Å². The van der Waals surface area contributed by atoms with E-state index in [0.29, 0.717) is 29.1 Å². The van der Waals surface area contributed by atoms with Crippen LogP contribution in [0.25, 0.3) is 11.5 Å². The topological polar surface area (TPSA) is 85.1 Å². The maximum absolute atomic E-state index is 12.5. The van der Waals surface area contributed by atoms with Gasteiger partial charge in [-0.3, -0.25) is 14.6 Å². The number of aromatic nitrogens is 2. The highest BCUT2D eigenvalue weighted by Crippen LogP contribution is 2.20. The maximum atomic E-state index is 12.5. The number of benzene rings is 2. The van der Waals surface area contributed by atoms with Gasteiger partial charge in [0, 0.05) is 35.6 Å². The number of pyridine rings is 1. The summed E-state index contributed by atoms with van der Waals surface area (Å²) in [6, 6.07) is 20.3. The van der Waals surface area contributed by atoms with Gasteiger partial charge < -0.3 is 9.73 Å². The third-order valence-corrected chi connectivity index (χ3v) is 4.60. The lowest BCUT2D eigenvalue weighted by Gasteiger charge is -2.03. The van der Waals surface area contributed by atoms with Crippen molar-refractivity contribution in [1.29, 1.82) is 0 Å². The molecule has 0 aliphatic rings. The van der Waals surface area contributed by atoms with Gasteiger partial charge in [0.25, 0.3) is 5.91 Å². The SMILES string of the molecule is O=C(c1ccc(-c2nc(C(=O)NCCc3ccccc3)co2)cc1)c1cccnc1. The molecule has 0 saturated heterocycles. The molecule has 148 valence electrons. The number of nitrogens with zero attached hydrogens (tertiary/aromatic N) is 2. The van der Waals surface area contributed by atoms with Gasteiger partial charge in [-0.25, -0.2) is 4.98 Å². The van der Waals surface area contributed by atoms with Crippen LogP contribution >= 0.6 is 0 Å². The van der Waals surface area contributed by atoms with Gasteiger partial charge >= 0.3 is 0 Å². The first-order chi connectivity index (χ1) is 14.7. The van der Waals surface area contributed by atoms with Crippen molar-refractivity contribution in [2.75, 3.05) is 6.54 Å². The molecule has 2 aromatic heterocycles. The number of nitrogens with one attached hydrogen (secondary N) is 1. The van der Waals surface area contributed by atoms with Crippen LogP contribution in [0, 0.1) is 0 Å². The second-order valence-electron chi connectivity index (χ2n) is 6.68. The Labute approximate surface area is 173 Å². The van der Waals surface area contributed by atoms with Crippen LogP contribution in [0.3, 0.4) is 0 Å². The Morgan fingerprint density at radius 1 is 0.900 bits per heavy atom. The molecule has 0 atom stereocenters. The predicted molar refractivity (Wildman–Crippen MR) is 112 cm³/mol. The van der Waals surface area contributed by atoms with Crippen molar-refractivity contribution in [3.8, 4) is 11.5 Å². The zero-order chi connectivity index (χ0) is 20.8. The van der Waals surface area contributed by atoms with E-state index in [0.717, 1.165) is 12.0 Å². The number of amides is 1. The molecular formula is C24H19N3O3. The van der Waals surface area contributed by atoms with Crippen molar-refractivity contribution >= 4 is 11.7 Å². The number of ketones is 1. The van der Waals surface area contributed by atoms with Gasteiger partial charge in [0.05, 0.1) is 0 Å². The number of oxazole rings is 1. The van der Waals surface area contributed by atoms with Crippen molar-refractivity contribution in [2.24, 2.45) is 0 Å². The van der Waals surface area contributed by atoms with E-state index in [1.54, 1.807) is 42.6 Å². The first-order valence-electron chi connectivity index (χ1n) is 9.53. The van der Waals surface area contributed by atoms with Crippen molar-refractivity contribution in [1.82, 2.24) is 15.3 Å². The molecule has 2 heterocycles. The molecule has 6 nitrogen and oxygen atoms in total. The first-order valence-corrected chi connectivity index (χ1v) is 9.53. The molecule has 0 aliphatic carbocycles. The van der Waals surface area contributed by atoms with Crippen LogP contribution in [-0.4, -0.2) is 28.2 Å². The zero-order valence-corrected chi connectivity index (χ0v) is 16.1. The third kappa shape index (κ3) is 4.50. The molecule has 2 aromatic carbocycles. The van der Waals surface area contributed by atoms with E-state index in [1.165, 1.54) is 12.5 Å². The number of rotatable bonds is 7. The Morgan fingerprint density at radius 2 is 1.70 bits per heavy atom. The molecule has 30 heavy (non-hydrogen) atoms. The number of hydrogen-bond acceptors (Lipinski definition) is 5. The van der Waals surface area contributed by atoms with Gasteiger partial charge in [0.2, 0.25) is 5.89 Å². The maximum Gasteiger partial charge on any atom is 0.273 e. The highest BCUT2D eigenvalue weighted by molar-refractivity contribution is 6.08. The van der Waals surface area contributed by atoms with Crippen LogP contribution in [0.2, 0.25) is 0 Å². The summed E-state index contributed by atoms with van der Waals surface area (Å²) >= 11 is 0. The lowest BCUT2D eigenvalue weighted by Crippen LogP contribution is -2.25. The van der Waals surface area contributed by atoms with Gasteiger partial charge in [-0.1, -0.05) is 42.5 Å². The molecule has 4 aromatic rings. The average molecular weight is 397 g/mol. The fourth-order valence-corrected chi connectivity index (χ4v) is 2.99. The predicted octanol–water partition coefficient (Wildman–Crippen LogP) is 3.94. The highest BCUT2D eigenvalue weighted by atomic mass is 16.3. The van der Waals surface area contributed by atoms with Gasteiger partial charge in [-0.15, -0.1) is 0 Å². The number of hydrogen-bond donors (Lipinski definition) is 1. The molecule has 0 aliphatic heterocycles. The van der Waals surface area contributed by atoms with Gasteiger partial charge in [0.15, 0.2) is 11.5 Å². The summed E-state index contributed by atoms with van der Waals surface area (Å²) in [5.41, 5.74) is 3.11. The van der Waals surface area contributed by atoms with Crippen LogP contribution in [0.4, 0.5) is 0 Å². The summed E-state index contributed by atoms with van der Waals surface area (Å²) in [5, 5.41) is 2.84. The molecule has 0 spiro atoms. The summed E-state index contributed by atoms with van der Waals surface area (Å²) in [6.07, 6.45) is 5.23. The van der Waals surface area contributed by atoms with E-state index in [-0.39, 0.29) is 17.4 Å². The quantitative estimate of drug-likeness (QED) is 0.478. The van der Waals surface area contributed by atoms with Gasteiger partial charge in [0.1, 0.15) is 6.26 Å². The van der Waals surface area contributed by atoms with Crippen LogP contribution in [-0.2, 0) is 6.42 Å². The van der Waals surface area contributed by atoms with Crippen LogP contribution < -0.4 is 5.32 Å². The van der Waals surface area contributed by atoms with Crippen LogP contribution in [0.15, 0.2) is 89.8 Å². The van der Waals surface area contributed by atoms with Crippen molar-refractivity contribution in [2.45, 2.75) is 6.42 Å². The lowest BCUT2D eigenvalue weighted by molar-refractivity contribution is 0.0948. The average Bonchev–Trinajstić information content (AvgIpc) is 3.30. The molecule has 4 rings (SSSR count). The summed E-state index contributed by atoms with van der Waals surface area (Å²) < 4.78 is 5.45. The standard InChI is InChI=1S/C24H19N3O3/c28-22(20-7-4-13-25-15-20)18-8-10-19(11-9-18)24-27-21(16-30-24)23(29)26-14-12-17-5-2-1-3-6-17/h1-11,13,15-16H,12,14H2,(H,26,29). The van der Waals surface area contributed by atoms with Gasteiger partial charge in [-0.05, 0) is 36.2 Å². The first kappa shape index (κ1) is 19.3. The summed E-state index contributed by atoms with van der Waals surface area (Å²) in [7, 11) is 0. The zero-order valence-electron chi connectivity index (χ0n) is 16.1. The summed E-state index contributed by atoms with van der Waals surface area (Å²) in [6.45, 7) is 0.510. The normalized spacial score (nSPS) is 10.5. The fourth-order valence-electron chi connectivity index (χ4n) is 2.99. The molecule has 0 bridgehead atoms. The fraction of sp³-hybridized carbons (Fsp3) is 0.0833. The summed E-state index contributed by atoms with van der Waals surface area (Å²) in [4.78, 5) is 33.0. The van der Waals surface area contributed by atoms with E-state index in [1.807, 2.05) is 30.3 Å². The highest BCUT2D eigenvalue weighted by Gasteiger charge is 2.14. The minimum absolute atomic E-state index is 0.111.